The molecule has 2 heterocycles. The molecule has 9 heteroatoms. The van der Waals surface area contributed by atoms with Gasteiger partial charge in [-0.05, 0) is 13.8 Å². The Morgan fingerprint density at radius 2 is 2.29 bits per heavy atom. The van der Waals surface area contributed by atoms with Crippen molar-refractivity contribution >= 4 is 28.2 Å². The van der Waals surface area contributed by atoms with Crippen molar-refractivity contribution in [2.24, 2.45) is 0 Å². The normalized spacial score (nSPS) is 12.0. The summed E-state index contributed by atoms with van der Waals surface area (Å²) in [4.78, 5) is 31.9. The van der Waals surface area contributed by atoms with Gasteiger partial charge in [-0.3, -0.25) is 9.89 Å². The van der Waals surface area contributed by atoms with Gasteiger partial charge in [0.25, 0.3) is 0 Å². The molecule has 0 fully saturated rings. The predicted molar refractivity (Wildman–Crippen MR) is 76.5 cm³/mol. The molecule has 2 N–H and O–H groups in total. The number of aromatic amines is 1. The lowest BCUT2D eigenvalue weighted by Gasteiger charge is -2.08. The maximum atomic E-state index is 11.8. The largest absolute Gasteiger partial charge is 0.461 e. The summed E-state index contributed by atoms with van der Waals surface area (Å²) in [5, 5.41) is 10.0. The molecular formula is C12H15N5O3S. The molecule has 0 bridgehead atoms. The average Bonchev–Trinajstić information content (AvgIpc) is 3.07. The van der Waals surface area contributed by atoms with Crippen LogP contribution in [0.2, 0.25) is 0 Å². The van der Waals surface area contributed by atoms with E-state index in [1.54, 1.807) is 6.92 Å². The summed E-state index contributed by atoms with van der Waals surface area (Å²) in [6, 6.07) is -0.187. The van der Waals surface area contributed by atoms with Crippen LogP contribution in [0.4, 0.5) is 5.13 Å². The summed E-state index contributed by atoms with van der Waals surface area (Å²) in [6.07, 6.45) is 1.40. The Kier molecular flexibility index (Phi) is 4.63. The van der Waals surface area contributed by atoms with Crippen molar-refractivity contribution in [2.45, 2.75) is 26.8 Å². The molecule has 0 aliphatic heterocycles. The van der Waals surface area contributed by atoms with Crippen LogP contribution in [0.3, 0.4) is 0 Å². The first-order chi connectivity index (χ1) is 10.0. The second-order valence-electron chi connectivity index (χ2n) is 4.21. The van der Waals surface area contributed by atoms with E-state index in [1.807, 2.05) is 6.92 Å². The number of anilines is 1. The molecule has 0 aliphatic carbocycles. The minimum atomic E-state index is -0.598. The van der Waals surface area contributed by atoms with Crippen molar-refractivity contribution in [1.29, 1.82) is 0 Å². The van der Waals surface area contributed by atoms with Crippen LogP contribution in [0, 0.1) is 0 Å². The molecule has 0 saturated carbocycles. The fraction of sp³-hybridized carbons (Fsp3) is 0.417. The van der Waals surface area contributed by atoms with Crippen LogP contribution in [0.1, 0.15) is 52.8 Å². The Balaban J connectivity index is 2.23. The highest BCUT2D eigenvalue weighted by molar-refractivity contribution is 7.17. The first-order valence-corrected chi connectivity index (χ1v) is 7.15. The average molecular weight is 309 g/mol. The molecule has 0 amide bonds. The van der Waals surface area contributed by atoms with E-state index in [4.69, 9.17) is 4.74 Å². The van der Waals surface area contributed by atoms with E-state index in [0.717, 1.165) is 11.3 Å². The number of rotatable bonds is 6. The molecule has 21 heavy (non-hydrogen) atoms. The number of Topliss-reactive ketones (excluding diaryl/α,β-unsaturated/α-hetero) is 1. The van der Waals surface area contributed by atoms with Gasteiger partial charge in [-0.1, -0.05) is 11.3 Å². The Hall–Kier alpha value is -2.29. The van der Waals surface area contributed by atoms with Gasteiger partial charge in [0, 0.05) is 6.92 Å². The van der Waals surface area contributed by atoms with Crippen molar-refractivity contribution in [3.63, 3.8) is 0 Å². The SMILES string of the molecule is CCOC(=O)c1nc(NC(C)c2ncn[nH]2)sc1C(C)=O. The summed E-state index contributed by atoms with van der Waals surface area (Å²) in [5.41, 5.74) is 0.0432. The Labute approximate surface area is 125 Å². The van der Waals surface area contributed by atoms with Crippen LogP contribution in [0.5, 0.6) is 0 Å². The molecule has 1 atom stereocenters. The predicted octanol–water partition coefficient (Wildman–Crippen LogP) is 1.81. The number of nitrogens with zero attached hydrogens (tertiary/aromatic N) is 3. The standard InChI is InChI=1S/C12H15N5O3S/c1-4-20-11(19)8-9(7(3)18)21-12(16-8)15-6(2)10-13-5-14-17-10/h5-6H,4H2,1-3H3,(H,15,16)(H,13,14,17). The zero-order valence-corrected chi connectivity index (χ0v) is 12.7. The number of nitrogens with one attached hydrogen (secondary N) is 2. The monoisotopic (exact) mass is 309 g/mol. The third kappa shape index (κ3) is 3.43. The number of thiazole rings is 1. The summed E-state index contributed by atoms with van der Waals surface area (Å²) in [7, 11) is 0. The quantitative estimate of drug-likeness (QED) is 0.618. The first kappa shape index (κ1) is 15.1. The number of carbonyl (C=O) groups is 2. The van der Waals surface area contributed by atoms with E-state index in [1.165, 1.54) is 13.3 Å². The van der Waals surface area contributed by atoms with E-state index in [2.05, 4.69) is 25.5 Å². The lowest BCUT2D eigenvalue weighted by Crippen LogP contribution is -2.10. The second kappa shape index (κ2) is 6.44. The van der Waals surface area contributed by atoms with Gasteiger partial charge in [-0.15, -0.1) is 0 Å². The maximum Gasteiger partial charge on any atom is 0.358 e. The van der Waals surface area contributed by atoms with Gasteiger partial charge in [-0.2, -0.15) is 5.10 Å². The van der Waals surface area contributed by atoms with Gasteiger partial charge < -0.3 is 10.1 Å². The number of hydrogen-bond acceptors (Lipinski definition) is 8. The highest BCUT2D eigenvalue weighted by atomic mass is 32.1. The van der Waals surface area contributed by atoms with Crippen LogP contribution in [0.15, 0.2) is 6.33 Å². The summed E-state index contributed by atoms with van der Waals surface area (Å²) < 4.78 is 4.91. The number of esters is 1. The summed E-state index contributed by atoms with van der Waals surface area (Å²) in [6.45, 7) is 5.17. The van der Waals surface area contributed by atoms with Crippen LogP contribution >= 0.6 is 11.3 Å². The lowest BCUT2D eigenvalue weighted by atomic mass is 10.3. The third-order valence-corrected chi connectivity index (χ3v) is 3.69. The molecular weight excluding hydrogens is 294 g/mol. The van der Waals surface area contributed by atoms with Gasteiger partial charge in [0.2, 0.25) is 0 Å². The van der Waals surface area contributed by atoms with Crippen molar-refractivity contribution in [1.82, 2.24) is 20.2 Å². The molecule has 2 aromatic rings. The van der Waals surface area contributed by atoms with E-state index in [0.29, 0.717) is 11.0 Å². The maximum absolute atomic E-state index is 11.8. The van der Waals surface area contributed by atoms with Crippen molar-refractivity contribution in [3.8, 4) is 0 Å². The molecule has 2 aromatic heterocycles. The molecule has 8 nitrogen and oxygen atoms in total. The number of ether oxygens (including phenoxy) is 1. The second-order valence-corrected chi connectivity index (χ2v) is 5.21. The van der Waals surface area contributed by atoms with Crippen LogP contribution < -0.4 is 5.32 Å². The molecule has 1 unspecified atom stereocenters. The molecule has 0 spiro atoms. The van der Waals surface area contributed by atoms with Gasteiger partial charge in [0.15, 0.2) is 16.6 Å². The van der Waals surface area contributed by atoms with Crippen LogP contribution in [0.25, 0.3) is 0 Å². The van der Waals surface area contributed by atoms with Crippen molar-refractivity contribution < 1.29 is 14.3 Å². The topological polar surface area (TPSA) is 110 Å². The van der Waals surface area contributed by atoms with Crippen molar-refractivity contribution in [2.75, 3.05) is 11.9 Å². The minimum Gasteiger partial charge on any atom is -0.461 e. The van der Waals surface area contributed by atoms with Crippen molar-refractivity contribution in [3.05, 3.63) is 22.7 Å². The first-order valence-electron chi connectivity index (χ1n) is 6.33. The molecule has 2 rings (SSSR count). The molecule has 112 valence electrons. The fourth-order valence-electron chi connectivity index (χ4n) is 1.64. The minimum absolute atomic E-state index is 0.0432. The van der Waals surface area contributed by atoms with E-state index in [-0.39, 0.29) is 29.0 Å². The highest BCUT2D eigenvalue weighted by Gasteiger charge is 2.23. The smallest absolute Gasteiger partial charge is 0.358 e. The van der Waals surface area contributed by atoms with Crippen LogP contribution in [-0.2, 0) is 4.74 Å². The van der Waals surface area contributed by atoms with E-state index in [9.17, 15) is 9.59 Å². The van der Waals surface area contributed by atoms with E-state index >= 15 is 0 Å². The molecule has 0 aliphatic rings. The molecule has 0 saturated heterocycles. The summed E-state index contributed by atoms with van der Waals surface area (Å²) in [5.74, 6) is -0.192. The van der Waals surface area contributed by atoms with Crippen LogP contribution in [-0.4, -0.2) is 38.5 Å². The Bertz CT molecular complexity index is 637. The number of hydrogen-bond donors (Lipinski definition) is 2. The zero-order valence-electron chi connectivity index (χ0n) is 11.8. The van der Waals surface area contributed by atoms with Gasteiger partial charge in [-0.25, -0.2) is 14.8 Å². The molecule has 0 radical (unpaired) electrons. The Morgan fingerprint density at radius 3 is 2.86 bits per heavy atom. The number of carbonyl (C=O) groups excluding carboxylic acids is 2. The highest BCUT2D eigenvalue weighted by Crippen LogP contribution is 2.27. The van der Waals surface area contributed by atoms with E-state index < -0.39 is 5.97 Å². The number of aromatic nitrogens is 4. The third-order valence-electron chi connectivity index (χ3n) is 2.60. The zero-order chi connectivity index (χ0) is 15.4. The van der Waals surface area contributed by atoms with Gasteiger partial charge >= 0.3 is 5.97 Å². The number of ketones is 1. The number of H-pyrrole nitrogens is 1. The van der Waals surface area contributed by atoms with Gasteiger partial charge in [0.05, 0.1) is 12.6 Å². The fourth-order valence-corrected chi connectivity index (χ4v) is 2.57. The van der Waals surface area contributed by atoms with Gasteiger partial charge in [0.1, 0.15) is 17.0 Å². The Morgan fingerprint density at radius 1 is 1.52 bits per heavy atom. The lowest BCUT2D eigenvalue weighted by molar-refractivity contribution is 0.0517. The summed E-state index contributed by atoms with van der Waals surface area (Å²) >= 11 is 1.11. The molecule has 0 aromatic carbocycles.